The zero-order valence-electron chi connectivity index (χ0n) is 4.31. The Balaban J connectivity index is 2.42. The minimum absolute atomic E-state index is 0.752. The van der Waals surface area contributed by atoms with Crippen molar-refractivity contribution in [1.29, 1.82) is 0 Å². The number of nitrogens with zero attached hydrogens (tertiary/aromatic N) is 1. The minimum Gasteiger partial charge on any atom is -0.385 e. The van der Waals surface area contributed by atoms with Crippen LogP contribution in [0.1, 0.15) is 0 Å². The summed E-state index contributed by atoms with van der Waals surface area (Å²) >= 11 is 0. The first kappa shape index (κ1) is 4.46. The van der Waals surface area contributed by atoms with Crippen LogP contribution in [0.4, 0.5) is 0 Å². The molecule has 0 fully saturated rings. The third kappa shape index (κ3) is 0.838. The highest BCUT2D eigenvalue weighted by atomic mass is 15.5. The number of hydrogen-bond acceptors (Lipinski definition) is 3. The Bertz CT molecular complexity index is 97.1. The summed E-state index contributed by atoms with van der Waals surface area (Å²) in [5.41, 5.74) is 8.22. The van der Waals surface area contributed by atoms with Gasteiger partial charge in [0.2, 0.25) is 0 Å². The maximum atomic E-state index is 5.33. The Morgan fingerprint density at radius 1 is 2.00 bits per heavy atom. The molecule has 0 aliphatic carbocycles. The topological polar surface area (TPSA) is 41.3 Å². The first-order valence-corrected chi connectivity index (χ1v) is 2.22. The highest BCUT2D eigenvalue weighted by Crippen LogP contribution is 1.90. The molecule has 1 aliphatic rings. The summed E-state index contributed by atoms with van der Waals surface area (Å²) in [7, 11) is 1.94. The van der Waals surface area contributed by atoms with Crippen molar-refractivity contribution < 1.29 is 0 Å². The third-order valence-corrected chi connectivity index (χ3v) is 0.905. The van der Waals surface area contributed by atoms with Crippen LogP contribution in [-0.2, 0) is 0 Å². The molecule has 1 rings (SSSR count). The summed E-state index contributed by atoms with van der Waals surface area (Å²) in [6, 6.07) is 0. The van der Waals surface area contributed by atoms with Crippen molar-refractivity contribution in [3.63, 3.8) is 0 Å². The maximum absolute atomic E-state index is 5.33. The number of hydrazine groups is 1. The largest absolute Gasteiger partial charge is 0.385 e. The number of nitrogens with one attached hydrogen (secondary N) is 1. The Morgan fingerprint density at radius 2 is 2.71 bits per heavy atom. The molecule has 3 heteroatoms. The lowest BCUT2D eigenvalue weighted by Gasteiger charge is -2.07. The smallest absolute Gasteiger partial charge is 0.108 e. The molecular weight excluding hydrogens is 90.1 g/mol. The van der Waals surface area contributed by atoms with E-state index in [-0.39, 0.29) is 0 Å². The third-order valence-electron chi connectivity index (χ3n) is 0.905. The van der Waals surface area contributed by atoms with E-state index in [2.05, 4.69) is 5.43 Å². The first-order chi connectivity index (χ1) is 3.29. The highest BCUT2D eigenvalue weighted by molar-refractivity contribution is 4.99. The number of hydrogen-bond donors (Lipinski definition) is 2. The summed E-state index contributed by atoms with van der Waals surface area (Å²) in [6.45, 7) is 0.909. The van der Waals surface area contributed by atoms with Gasteiger partial charge in [-0.15, -0.1) is 0 Å². The molecule has 1 heterocycles. The van der Waals surface area contributed by atoms with Crippen molar-refractivity contribution in [2.75, 3.05) is 13.6 Å². The second-order valence-electron chi connectivity index (χ2n) is 1.65. The van der Waals surface area contributed by atoms with Gasteiger partial charge in [-0.1, -0.05) is 0 Å². The van der Waals surface area contributed by atoms with Gasteiger partial charge in [-0.05, 0) is 6.08 Å². The molecule has 0 saturated carbocycles. The summed E-state index contributed by atoms with van der Waals surface area (Å²) < 4.78 is 0. The lowest BCUT2D eigenvalue weighted by atomic mass is 10.6. The van der Waals surface area contributed by atoms with E-state index >= 15 is 0 Å². The number of likely N-dealkylation sites (N-methyl/N-ethyl adjacent to an activating group) is 1. The predicted molar refractivity (Wildman–Crippen MR) is 28.0 cm³/mol. The van der Waals surface area contributed by atoms with Gasteiger partial charge in [-0.2, -0.15) is 0 Å². The van der Waals surface area contributed by atoms with Gasteiger partial charge in [0.15, 0.2) is 0 Å². The maximum Gasteiger partial charge on any atom is 0.108 e. The van der Waals surface area contributed by atoms with Gasteiger partial charge in [0, 0.05) is 13.6 Å². The fourth-order valence-electron chi connectivity index (χ4n) is 0.547. The van der Waals surface area contributed by atoms with E-state index in [0.29, 0.717) is 0 Å². The molecule has 3 N–H and O–H groups in total. The molecule has 1 aliphatic heterocycles. The van der Waals surface area contributed by atoms with Crippen LogP contribution < -0.4 is 11.2 Å². The van der Waals surface area contributed by atoms with Crippen LogP contribution in [0.5, 0.6) is 0 Å². The van der Waals surface area contributed by atoms with E-state index in [4.69, 9.17) is 5.73 Å². The SMILES string of the molecule is CN1CC=C(N)N1. The molecule has 0 saturated heterocycles. The van der Waals surface area contributed by atoms with E-state index in [1.54, 1.807) is 0 Å². The molecule has 0 aromatic carbocycles. The molecule has 0 spiro atoms. The summed E-state index contributed by atoms with van der Waals surface area (Å²) in [5, 5.41) is 1.91. The fraction of sp³-hybridized carbons (Fsp3) is 0.500. The van der Waals surface area contributed by atoms with Gasteiger partial charge < -0.3 is 11.2 Å². The fourth-order valence-corrected chi connectivity index (χ4v) is 0.547. The van der Waals surface area contributed by atoms with Crippen LogP contribution in [0, 0.1) is 0 Å². The molecule has 0 amide bonds. The van der Waals surface area contributed by atoms with Crippen LogP contribution in [0.15, 0.2) is 11.9 Å². The Labute approximate surface area is 42.8 Å². The molecule has 0 aromatic heterocycles. The van der Waals surface area contributed by atoms with Gasteiger partial charge in [0.05, 0.1) is 0 Å². The van der Waals surface area contributed by atoms with Crippen LogP contribution in [0.3, 0.4) is 0 Å². The van der Waals surface area contributed by atoms with Crippen molar-refractivity contribution in [1.82, 2.24) is 10.4 Å². The lowest BCUT2D eigenvalue weighted by molar-refractivity contribution is 0.321. The molecule has 3 nitrogen and oxygen atoms in total. The van der Waals surface area contributed by atoms with Crippen molar-refractivity contribution in [3.8, 4) is 0 Å². The Kier molecular flexibility index (Phi) is 0.906. The summed E-state index contributed by atoms with van der Waals surface area (Å²) in [4.78, 5) is 0. The van der Waals surface area contributed by atoms with E-state index in [1.165, 1.54) is 0 Å². The second-order valence-corrected chi connectivity index (χ2v) is 1.65. The molecule has 0 unspecified atom stereocenters. The van der Waals surface area contributed by atoms with E-state index < -0.39 is 0 Å². The van der Waals surface area contributed by atoms with Gasteiger partial charge in [0.1, 0.15) is 5.82 Å². The van der Waals surface area contributed by atoms with Gasteiger partial charge in [-0.25, -0.2) is 5.01 Å². The van der Waals surface area contributed by atoms with E-state index in [0.717, 1.165) is 12.4 Å². The van der Waals surface area contributed by atoms with Crippen LogP contribution in [0.2, 0.25) is 0 Å². The van der Waals surface area contributed by atoms with Gasteiger partial charge >= 0.3 is 0 Å². The molecule has 0 bridgehead atoms. The van der Waals surface area contributed by atoms with Crippen molar-refractivity contribution in [3.05, 3.63) is 11.9 Å². The monoisotopic (exact) mass is 99.1 g/mol. The van der Waals surface area contributed by atoms with Crippen molar-refractivity contribution in [2.45, 2.75) is 0 Å². The Morgan fingerprint density at radius 3 is 2.86 bits per heavy atom. The standard InChI is InChI=1S/C4H9N3/c1-7-3-2-4(5)6-7/h2,6H,3,5H2,1H3. The van der Waals surface area contributed by atoms with Crippen LogP contribution >= 0.6 is 0 Å². The average Bonchev–Trinajstić information content (AvgIpc) is 1.87. The molecule has 40 valence electrons. The van der Waals surface area contributed by atoms with Crippen LogP contribution in [-0.4, -0.2) is 18.6 Å². The van der Waals surface area contributed by atoms with E-state index in [9.17, 15) is 0 Å². The van der Waals surface area contributed by atoms with Gasteiger partial charge in [0.25, 0.3) is 0 Å². The lowest BCUT2D eigenvalue weighted by Crippen LogP contribution is -2.29. The molecule has 0 radical (unpaired) electrons. The second kappa shape index (κ2) is 1.42. The zero-order valence-corrected chi connectivity index (χ0v) is 4.31. The molecule has 7 heavy (non-hydrogen) atoms. The van der Waals surface area contributed by atoms with E-state index in [1.807, 2.05) is 18.1 Å². The molecule has 0 aromatic rings. The number of rotatable bonds is 0. The van der Waals surface area contributed by atoms with Crippen LogP contribution in [0.25, 0.3) is 0 Å². The normalized spacial score (nSPS) is 21.6. The Hall–Kier alpha value is -0.700. The quantitative estimate of drug-likeness (QED) is 0.419. The summed E-state index contributed by atoms with van der Waals surface area (Å²) in [5.74, 6) is 0.752. The molecule has 0 atom stereocenters. The predicted octanol–water partition coefficient (Wildman–Crippen LogP) is -0.763. The average molecular weight is 99.1 g/mol. The number of nitrogens with two attached hydrogens (primary N) is 1. The highest BCUT2D eigenvalue weighted by Gasteiger charge is 2.01. The van der Waals surface area contributed by atoms with Gasteiger partial charge in [-0.3, -0.25) is 0 Å². The molecular formula is C4H9N3. The van der Waals surface area contributed by atoms with Crippen molar-refractivity contribution in [2.24, 2.45) is 5.73 Å². The summed E-state index contributed by atoms with van der Waals surface area (Å²) in [6.07, 6.45) is 1.93. The minimum atomic E-state index is 0.752. The zero-order chi connectivity index (χ0) is 5.28. The first-order valence-electron chi connectivity index (χ1n) is 2.22. The van der Waals surface area contributed by atoms with Crippen molar-refractivity contribution >= 4 is 0 Å².